The summed E-state index contributed by atoms with van der Waals surface area (Å²) in [6, 6.07) is 12.6. The van der Waals surface area contributed by atoms with Crippen LogP contribution in [0.5, 0.6) is 5.75 Å². The van der Waals surface area contributed by atoms with Gasteiger partial charge in [-0.3, -0.25) is 34.9 Å². The van der Waals surface area contributed by atoms with Crippen LogP contribution < -0.4 is 20.5 Å². The van der Waals surface area contributed by atoms with Gasteiger partial charge in [0.2, 0.25) is 11.8 Å². The van der Waals surface area contributed by atoms with E-state index in [-0.39, 0.29) is 24.8 Å². The minimum atomic E-state index is -0.833. The van der Waals surface area contributed by atoms with Crippen LogP contribution in [0.25, 0.3) is 0 Å². The van der Waals surface area contributed by atoms with E-state index in [1.165, 1.54) is 0 Å². The smallest absolute Gasteiger partial charge is 0.279 e. The number of hydrogen-bond donors (Lipinski definition) is 2. The first-order chi connectivity index (χ1) is 16.6. The maximum absolute atomic E-state index is 13.2. The molecule has 2 heterocycles. The van der Waals surface area contributed by atoms with Gasteiger partial charge in [-0.2, -0.15) is 0 Å². The lowest BCUT2D eigenvalue weighted by Gasteiger charge is -2.48. The molecule has 4 rings (SSSR count). The molecule has 2 N–H and O–H groups in total. The van der Waals surface area contributed by atoms with Gasteiger partial charge in [0.05, 0.1) is 11.3 Å². The Labute approximate surface area is 204 Å². The van der Waals surface area contributed by atoms with Gasteiger partial charge in [-0.05, 0) is 63.4 Å². The van der Waals surface area contributed by atoms with E-state index in [0.29, 0.717) is 29.8 Å². The third kappa shape index (κ3) is 4.45. The molecule has 0 spiro atoms. The lowest BCUT2D eigenvalue weighted by atomic mass is 9.98. The van der Waals surface area contributed by atoms with Gasteiger partial charge in [0, 0.05) is 19.4 Å². The van der Waals surface area contributed by atoms with Gasteiger partial charge in [0.25, 0.3) is 11.8 Å². The van der Waals surface area contributed by atoms with Crippen LogP contribution in [0.15, 0.2) is 42.5 Å². The van der Waals surface area contributed by atoms with Crippen molar-refractivity contribution in [3.8, 4) is 5.75 Å². The topological polar surface area (TPSA) is 108 Å². The van der Waals surface area contributed by atoms with E-state index in [1.54, 1.807) is 47.1 Å². The minimum absolute atomic E-state index is 0.0436. The van der Waals surface area contributed by atoms with Gasteiger partial charge in [-0.15, -0.1) is 0 Å². The number of ether oxygens (including phenoxy) is 1. The van der Waals surface area contributed by atoms with Crippen molar-refractivity contribution in [1.82, 2.24) is 15.8 Å². The van der Waals surface area contributed by atoms with Crippen molar-refractivity contribution < 1.29 is 23.9 Å². The van der Waals surface area contributed by atoms with E-state index in [9.17, 15) is 19.2 Å². The lowest BCUT2D eigenvalue weighted by molar-refractivity contribution is -0.132. The van der Waals surface area contributed by atoms with Gasteiger partial charge < -0.3 is 9.64 Å². The van der Waals surface area contributed by atoms with Crippen molar-refractivity contribution in [2.45, 2.75) is 58.7 Å². The van der Waals surface area contributed by atoms with Gasteiger partial charge >= 0.3 is 0 Å². The highest BCUT2D eigenvalue weighted by Crippen LogP contribution is 2.43. The zero-order valence-corrected chi connectivity index (χ0v) is 20.4. The Morgan fingerprint density at radius 3 is 2.60 bits per heavy atom. The molecule has 2 atom stereocenters. The van der Waals surface area contributed by atoms with Crippen LogP contribution in [-0.2, 0) is 14.4 Å². The molecule has 184 valence electrons. The Balaban J connectivity index is 1.35. The summed E-state index contributed by atoms with van der Waals surface area (Å²) in [6.45, 7) is 7.41. The zero-order valence-electron chi connectivity index (χ0n) is 20.4. The van der Waals surface area contributed by atoms with Crippen LogP contribution in [-0.4, -0.2) is 46.8 Å². The van der Waals surface area contributed by atoms with E-state index < -0.39 is 23.6 Å². The zero-order chi connectivity index (χ0) is 25.3. The summed E-state index contributed by atoms with van der Waals surface area (Å²) in [6.07, 6.45) is -0.0574. The molecule has 9 heteroatoms. The van der Waals surface area contributed by atoms with Gasteiger partial charge in [-0.25, -0.2) is 0 Å². The number of hydrogen-bond acceptors (Lipinski definition) is 5. The molecule has 35 heavy (non-hydrogen) atoms. The van der Waals surface area contributed by atoms with E-state index in [4.69, 9.17) is 4.74 Å². The Morgan fingerprint density at radius 2 is 1.83 bits per heavy atom. The second kappa shape index (κ2) is 9.40. The first-order valence-corrected chi connectivity index (χ1v) is 11.7. The number of benzene rings is 2. The summed E-state index contributed by atoms with van der Waals surface area (Å²) in [5.41, 5.74) is 6.98. The largest absolute Gasteiger partial charge is 0.481 e. The third-order valence-electron chi connectivity index (χ3n) is 6.86. The quantitative estimate of drug-likeness (QED) is 0.621. The number of hydrazine groups is 1. The molecule has 0 aromatic heterocycles. The maximum atomic E-state index is 13.2. The molecule has 4 amide bonds. The molecule has 2 aromatic carbocycles. The fourth-order valence-electron chi connectivity index (χ4n) is 4.65. The number of amides is 4. The Hall–Kier alpha value is -3.88. The molecule has 0 bridgehead atoms. The fourth-order valence-corrected chi connectivity index (χ4v) is 4.65. The van der Waals surface area contributed by atoms with E-state index in [2.05, 4.69) is 10.9 Å². The Morgan fingerprint density at radius 1 is 1.09 bits per heavy atom. The molecule has 1 fully saturated rings. The number of carbonyl (C=O) groups excluding carboxylic acids is 4. The van der Waals surface area contributed by atoms with Crippen LogP contribution in [0.4, 0.5) is 5.69 Å². The fraction of sp³-hybridized carbons (Fsp3) is 0.385. The average molecular weight is 479 g/mol. The molecule has 0 saturated carbocycles. The van der Waals surface area contributed by atoms with Crippen molar-refractivity contribution in [2.75, 3.05) is 11.4 Å². The van der Waals surface area contributed by atoms with Gasteiger partial charge in [0.1, 0.15) is 11.4 Å². The first-order valence-electron chi connectivity index (χ1n) is 11.7. The molecule has 1 saturated heterocycles. The van der Waals surface area contributed by atoms with Crippen LogP contribution in [0, 0.1) is 13.8 Å². The highest BCUT2D eigenvalue weighted by Gasteiger charge is 2.52. The monoisotopic (exact) mass is 478 g/mol. The molecule has 9 nitrogen and oxygen atoms in total. The van der Waals surface area contributed by atoms with E-state index in [1.807, 2.05) is 32.9 Å². The van der Waals surface area contributed by atoms with Crippen molar-refractivity contribution >= 4 is 29.3 Å². The summed E-state index contributed by atoms with van der Waals surface area (Å²) in [5, 5.41) is 0. The van der Waals surface area contributed by atoms with E-state index >= 15 is 0 Å². The minimum Gasteiger partial charge on any atom is -0.481 e. The molecular formula is C26H30N4O5. The summed E-state index contributed by atoms with van der Waals surface area (Å²) >= 11 is 0. The van der Waals surface area contributed by atoms with Crippen LogP contribution >= 0.6 is 0 Å². The summed E-state index contributed by atoms with van der Waals surface area (Å²) < 4.78 is 5.74. The second-order valence-corrected chi connectivity index (χ2v) is 9.17. The van der Waals surface area contributed by atoms with Crippen molar-refractivity contribution in [1.29, 1.82) is 0 Å². The molecule has 0 radical (unpaired) electrons. The van der Waals surface area contributed by atoms with Crippen molar-refractivity contribution in [3.05, 3.63) is 59.2 Å². The summed E-state index contributed by atoms with van der Waals surface area (Å²) in [7, 11) is 0. The van der Waals surface area contributed by atoms with Crippen LogP contribution in [0.2, 0.25) is 0 Å². The highest BCUT2D eigenvalue weighted by atomic mass is 16.5. The van der Waals surface area contributed by atoms with Gasteiger partial charge in [-0.1, -0.05) is 24.3 Å². The number of para-hydroxylation sites is 1. The first kappa shape index (κ1) is 24.3. The standard InChI is InChI=1S/C26H30N4O5/c1-16-8-7-11-21(17(16)2)35-18(3)24(33)28-27-22(31)13-15-29-25(34)19-9-5-6-10-20(19)30-23(32)12-14-26(29,30)4/h5-11,18H,12-15H2,1-4H3,(H,27,31)(H,28,33). The number of carbonyl (C=O) groups is 4. The Bertz CT molecular complexity index is 1200. The number of nitrogens with zero attached hydrogens (tertiary/aromatic N) is 2. The summed E-state index contributed by atoms with van der Waals surface area (Å²) in [5.74, 6) is -0.620. The predicted molar refractivity (Wildman–Crippen MR) is 130 cm³/mol. The maximum Gasteiger partial charge on any atom is 0.279 e. The SMILES string of the molecule is Cc1cccc(OC(C)C(=O)NNC(=O)CCN2C(=O)c3ccccc3N3C(=O)CCC23C)c1C. The summed E-state index contributed by atoms with van der Waals surface area (Å²) in [4.78, 5) is 54.0. The van der Waals surface area contributed by atoms with Gasteiger partial charge in [0.15, 0.2) is 6.10 Å². The molecule has 2 aliphatic heterocycles. The van der Waals surface area contributed by atoms with Crippen LogP contribution in [0.3, 0.4) is 0 Å². The normalized spacial score (nSPS) is 19.7. The second-order valence-electron chi connectivity index (χ2n) is 9.17. The lowest BCUT2D eigenvalue weighted by Crippen LogP contribution is -2.62. The number of fused-ring (bicyclic) bond motifs is 3. The number of rotatable bonds is 6. The molecule has 0 aliphatic carbocycles. The Kier molecular flexibility index (Phi) is 6.51. The molecule has 2 aliphatic rings. The number of anilines is 1. The highest BCUT2D eigenvalue weighted by molar-refractivity contribution is 6.10. The number of nitrogens with one attached hydrogen (secondary N) is 2. The number of aryl methyl sites for hydroxylation is 1. The van der Waals surface area contributed by atoms with E-state index in [0.717, 1.165) is 11.1 Å². The predicted octanol–water partition coefficient (Wildman–Crippen LogP) is 2.61. The van der Waals surface area contributed by atoms with Crippen LogP contribution in [0.1, 0.15) is 54.6 Å². The van der Waals surface area contributed by atoms with Crippen molar-refractivity contribution in [2.24, 2.45) is 0 Å². The molecule has 2 unspecified atom stereocenters. The molecule has 2 aromatic rings. The molecular weight excluding hydrogens is 448 g/mol. The third-order valence-corrected chi connectivity index (χ3v) is 6.86. The average Bonchev–Trinajstić information content (AvgIpc) is 3.15. The van der Waals surface area contributed by atoms with Crippen molar-refractivity contribution in [3.63, 3.8) is 0 Å².